The van der Waals surface area contributed by atoms with E-state index in [-0.39, 0.29) is 5.15 Å². The van der Waals surface area contributed by atoms with Crippen LogP contribution in [-0.2, 0) is 0 Å². The van der Waals surface area contributed by atoms with Crippen LogP contribution in [0.4, 0.5) is 5.82 Å². The Hall–Kier alpha value is -1.29. The first kappa shape index (κ1) is 17.1. The number of hydrogen-bond donors (Lipinski definition) is 1. The molecule has 2 aromatic rings. The van der Waals surface area contributed by atoms with E-state index in [1.165, 1.54) is 0 Å². The van der Waals surface area contributed by atoms with Gasteiger partial charge in [-0.05, 0) is 24.0 Å². The van der Waals surface area contributed by atoms with Crippen LogP contribution in [0.25, 0.3) is 0 Å². The van der Waals surface area contributed by atoms with Gasteiger partial charge in [0, 0.05) is 0 Å². The summed E-state index contributed by atoms with van der Waals surface area (Å²) < 4.78 is 0. The fourth-order valence-electron chi connectivity index (χ4n) is 1.89. The molecule has 0 bridgehead atoms. The van der Waals surface area contributed by atoms with Crippen molar-refractivity contribution < 1.29 is 0 Å². The summed E-state index contributed by atoms with van der Waals surface area (Å²) in [7, 11) is 0. The Morgan fingerprint density at radius 3 is 2.45 bits per heavy atom. The molecule has 22 heavy (non-hydrogen) atoms. The molecule has 6 heteroatoms. The van der Waals surface area contributed by atoms with Gasteiger partial charge >= 0.3 is 0 Å². The van der Waals surface area contributed by atoms with Crippen molar-refractivity contribution in [2.24, 2.45) is 11.0 Å². The molecule has 0 fully saturated rings. The lowest BCUT2D eigenvalue weighted by molar-refractivity contribution is 0.683. The Balaban J connectivity index is 2.29. The number of benzene rings is 1. The van der Waals surface area contributed by atoms with Crippen LogP contribution in [0.2, 0.25) is 15.2 Å². The maximum atomic E-state index is 6.10. The van der Waals surface area contributed by atoms with E-state index in [4.69, 9.17) is 34.8 Å². The predicted octanol–water partition coefficient (Wildman–Crippen LogP) is 5.90. The Morgan fingerprint density at radius 1 is 1.14 bits per heavy atom. The molecule has 1 heterocycles. The third kappa shape index (κ3) is 4.60. The highest BCUT2D eigenvalue weighted by Crippen LogP contribution is 2.29. The molecule has 0 saturated carbocycles. The summed E-state index contributed by atoms with van der Waals surface area (Å²) in [4.78, 5) is 4.10. The fraction of sp³-hybridized carbons (Fsp3) is 0.250. The molecule has 0 aliphatic carbocycles. The van der Waals surface area contributed by atoms with Crippen molar-refractivity contribution in [1.29, 1.82) is 0 Å². The molecule has 2 rings (SSSR count). The SMILES string of the molecule is CC(C)C/C(=N/Nc1nc(Cl)c(Cl)cc1Cl)c1ccccc1. The van der Waals surface area contributed by atoms with Crippen molar-refractivity contribution in [2.75, 3.05) is 5.43 Å². The van der Waals surface area contributed by atoms with Crippen molar-refractivity contribution in [2.45, 2.75) is 20.3 Å². The zero-order valence-electron chi connectivity index (χ0n) is 12.3. The quantitative estimate of drug-likeness (QED) is 0.411. The minimum absolute atomic E-state index is 0.189. The van der Waals surface area contributed by atoms with E-state index in [1.807, 2.05) is 30.3 Å². The van der Waals surface area contributed by atoms with Crippen LogP contribution in [0.3, 0.4) is 0 Å². The van der Waals surface area contributed by atoms with E-state index in [9.17, 15) is 0 Å². The van der Waals surface area contributed by atoms with Gasteiger partial charge in [-0.3, -0.25) is 5.43 Å². The van der Waals surface area contributed by atoms with E-state index in [1.54, 1.807) is 6.07 Å². The Labute approximate surface area is 145 Å². The second-order valence-corrected chi connectivity index (χ2v) is 6.40. The first-order valence-corrected chi connectivity index (χ1v) is 8.00. The zero-order chi connectivity index (χ0) is 16.1. The Bertz CT molecular complexity index is 670. The molecule has 0 spiro atoms. The van der Waals surface area contributed by atoms with Crippen molar-refractivity contribution in [3.05, 3.63) is 57.2 Å². The average molecular weight is 357 g/mol. The van der Waals surface area contributed by atoms with Gasteiger partial charge in [0.2, 0.25) is 0 Å². The highest BCUT2D eigenvalue weighted by Gasteiger charge is 2.09. The normalized spacial score (nSPS) is 11.8. The number of nitrogens with one attached hydrogen (secondary N) is 1. The van der Waals surface area contributed by atoms with Crippen LogP contribution in [0.15, 0.2) is 41.5 Å². The molecule has 0 saturated heterocycles. The number of anilines is 1. The molecule has 116 valence electrons. The summed E-state index contributed by atoms with van der Waals surface area (Å²) in [6, 6.07) is 11.5. The molecule has 0 aliphatic rings. The van der Waals surface area contributed by atoms with Crippen LogP contribution in [-0.4, -0.2) is 10.7 Å². The molecule has 1 aromatic carbocycles. The number of pyridine rings is 1. The minimum atomic E-state index is 0.189. The molecule has 0 radical (unpaired) electrons. The van der Waals surface area contributed by atoms with Crippen molar-refractivity contribution >= 4 is 46.3 Å². The van der Waals surface area contributed by atoms with Gasteiger partial charge in [0.05, 0.1) is 15.8 Å². The summed E-state index contributed by atoms with van der Waals surface area (Å²) in [5.74, 6) is 0.853. The Morgan fingerprint density at radius 2 is 1.82 bits per heavy atom. The predicted molar refractivity (Wildman–Crippen MR) is 95.3 cm³/mol. The minimum Gasteiger partial charge on any atom is -0.260 e. The lowest BCUT2D eigenvalue weighted by Crippen LogP contribution is -2.08. The van der Waals surface area contributed by atoms with Gasteiger partial charge in [0.1, 0.15) is 5.15 Å². The van der Waals surface area contributed by atoms with Crippen molar-refractivity contribution in [3.63, 3.8) is 0 Å². The van der Waals surface area contributed by atoms with E-state index >= 15 is 0 Å². The van der Waals surface area contributed by atoms with E-state index in [0.717, 1.165) is 17.7 Å². The van der Waals surface area contributed by atoms with E-state index in [0.29, 0.717) is 21.8 Å². The second kappa shape index (κ2) is 7.82. The van der Waals surface area contributed by atoms with Gasteiger partial charge in [-0.25, -0.2) is 4.98 Å². The lowest BCUT2D eigenvalue weighted by Gasteiger charge is -2.11. The van der Waals surface area contributed by atoms with E-state index in [2.05, 4.69) is 29.4 Å². The van der Waals surface area contributed by atoms with Gasteiger partial charge in [-0.1, -0.05) is 79.0 Å². The first-order valence-electron chi connectivity index (χ1n) is 6.87. The van der Waals surface area contributed by atoms with Gasteiger partial charge in [-0.15, -0.1) is 0 Å². The first-order chi connectivity index (χ1) is 10.5. The van der Waals surface area contributed by atoms with Crippen molar-refractivity contribution in [3.8, 4) is 0 Å². The third-order valence-electron chi connectivity index (χ3n) is 2.89. The summed E-state index contributed by atoms with van der Waals surface area (Å²) in [6.45, 7) is 4.28. The summed E-state index contributed by atoms with van der Waals surface area (Å²) in [5.41, 5.74) is 4.87. The molecule has 0 aliphatic heterocycles. The van der Waals surface area contributed by atoms with Crippen LogP contribution in [0.5, 0.6) is 0 Å². The van der Waals surface area contributed by atoms with Crippen LogP contribution in [0, 0.1) is 5.92 Å². The molecule has 3 nitrogen and oxygen atoms in total. The number of rotatable bonds is 5. The summed E-state index contributed by atoms with van der Waals surface area (Å²) >= 11 is 17.9. The van der Waals surface area contributed by atoms with E-state index < -0.39 is 0 Å². The molecular formula is C16H16Cl3N3. The van der Waals surface area contributed by atoms with Crippen molar-refractivity contribution in [1.82, 2.24) is 4.98 Å². The largest absolute Gasteiger partial charge is 0.260 e. The number of hydrazone groups is 1. The van der Waals surface area contributed by atoms with Gasteiger partial charge < -0.3 is 0 Å². The van der Waals surface area contributed by atoms with Gasteiger partial charge in [0.15, 0.2) is 5.82 Å². The van der Waals surface area contributed by atoms with Crippen LogP contribution >= 0.6 is 34.8 Å². The van der Waals surface area contributed by atoms with Crippen LogP contribution in [0.1, 0.15) is 25.8 Å². The highest BCUT2D eigenvalue weighted by molar-refractivity contribution is 6.42. The summed E-state index contributed by atoms with van der Waals surface area (Å²) in [6.07, 6.45) is 0.829. The van der Waals surface area contributed by atoms with Gasteiger partial charge in [-0.2, -0.15) is 5.10 Å². The van der Waals surface area contributed by atoms with Crippen LogP contribution < -0.4 is 5.43 Å². The third-order valence-corrected chi connectivity index (χ3v) is 3.85. The Kier molecular flexibility index (Phi) is 6.07. The second-order valence-electron chi connectivity index (χ2n) is 5.23. The maximum Gasteiger partial charge on any atom is 0.166 e. The molecule has 0 unspecified atom stereocenters. The fourth-order valence-corrected chi connectivity index (χ4v) is 2.43. The zero-order valence-corrected chi connectivity index (χ0v) is 14.5. The average Bonchev–Trinajstić information content (AvgIpc) is 2.48. The number of nitrogens with zero attached hydrogens (tertiary/aromatic N) is 2. The summed E-state index contributed by atoms with van der Waals surface area (Å²) in [5, 5.41) is 5.32. The smallest absolute Gasteiger partial charge is 0.166 e. The highest BCUT2D eigenvalue weighted by atomic mass is 35.5. The number of hydrogen-bond acceptors (Lipinski definition) is 3. The molecular weight excluding hydrogens is 341 g/mol. The molecule has 0 amide bonds. The topological polar surface area (TPSA) is 37.3 Å². The molecule has 0 atom stereocenters. The lowest BCUT2D eigenvalue weighted by atomic mass is 10.0. The number of aromatic nitrogens is 1. The molecule has 1 aromatic heterocycles. The molecule has 1 N–H and O–H groups in total. The monoisotopic (exact) mass is 355 g/mol. The number of halogens is 3. The maximum absolute atomic E-state index is 6.10. The standard InChI is InChI=1S/C16H16Cl3N3/c1-10(2)8-14(11-6-4-3-5-7-11)21-22-16-13(18)9-12(17)15(19)20-16/h3-7,9-10H,8H2,1-2H3,(H,20,22)/b21-14-. The van der Waals surface area contributed by atoms with Gasteiger partial charge in [0.25, 0.3) is 0 Å².